The number of halogens is 1. The van der Waals surface area contributed by atoms with Crippen molar-refractivity contribution in [2.24, 2.45) is 0 Å². The molecule has 0 saturated carbocycles. The summed E-state index contributed by atoms with van der Waals surface area (Å²) < 4.78 is 5.31. The maximum absolute atomic E-state index is 10.2. The first-order chi connectivity index (χ1) is 7.19. The van der Waals surface area contributed by atoms with Gasteiger partial charge in [-0.05, 0) is 43.0 Å². The van der Waals surface area contributed by atoms with Gasteiger partial charge in [-0.25, -0.2) is 0 Å². The summed E-state index contributed by atoms with van der Waals surface area (Å²) in [4.78, 5) is 10.2. The minimum Gasteiger partial charge on any atom is -0.496 e. The molecule has 0 heterocycles. The molecule has 1 rings (SSSR count). The Morgan fingerprint density at radius 2 is 2.20 bits per heavy atom. The number of benzene rings is 1. The topological polar surface area (TPSA) is 26.3 Å². The third kappa shape index (κ3) is 3.24. The van der Waals surface area contributed by atoms with Gasteiger partial charge in [-0.1, -0.05) is 11.6 Å². The molecule has 0 aliphatic rings. The Bertz CT molecular complexity index is 348. The Hall–Kier alpha value is -1.02. The summed E-state index contributed by atoms with van der Waals surface area (Å²) in [5.74, 6) is 0.880. The number of aryl methyl sites for hydroxylation is 2. The van der Waals surface area contributed by atoms with Crippen LogP contribution in [0.5, 0.6) is 5.75 Å². The van der Waals surface area contributed by atoms with Gasteiger partial charge >= 0.3 is 0 Å². The fraction of sp³-hybridized carbons (Fsp3) is 0.417. The summed E-state index contributed by atoms with van der Waals surface area (Å²) in [5.41, 5.74) is 2.11. The Morgan fingerprint density at radius 3 is 2.80 bits per heavy atom. The van der Waals surface area contributed by atoms with E-state index in [1.165, 1.54) is 0 Å². The molecule has 3 heteroatoms. The fourth-order valence-corrected chi connectivity index (χ4v) is 1.95. The predicted octanol–water partition coefficient (Wildman–Crippen LogP) is 3.18. The van der Waals surface area contributed by atoms with E-state index in [2.05, 4.69) is 0 Å². The van der Waals surface area contributed by atoms with E-state index >= 15 is 0 Å². The zero-order valence-electron chi connectivity index (χ0n) is 9.05. The minimum atomic E-state index is 0.578. The molecule has 0 bridgehead atoms. The minimum absolute atomic E-state index is 0.578. The largest absolute Gasteiger partial charge is 0.496 e. The second kappa shape index (κ2) is 5.76. The molecule has 0 aliphatic heterocycles. The Kier molecular flexibility index (Phi) is 4.63. The lowest BCUT2D eigenvalue weighted by Crippen LogP contribution is -1.95. The van der Waals surface area contributed by atoms with Crippen molar-refractivity contribution in [1.29, 1.82) is 0 Å². The second-order valence-electron chi connectivity index (χ2n) is 3.47. The average molecular weight is 227 g/mol. The molecule has 0 spiro atoms. The summed E-state index contributed by atoms with van der Waals surface area (Å²) in [6.07, 6.45) is 3.17. The quantitative estimate of drug-likeness (QED) is 0.570. The molecule has 0 N–H and O–H groups in total. The van der Waals surface area contributed by atoms with Crippen LogP contribution < -0.4 is 4.74 Å². The van der Waals surface area contributed by atoms with Gasteiger partial charge < -0.3 is 9.53 Å². The number of methoxy groups -OCH3 is 1. The number of carbonyl (C=O) groups is 1. The fourth-order valence-electron chi connectivity index (χ4n) is 1.65. The molecule has 0 aromatic heterocycles. The van der Waals surface area contributed by atoms with E-state index in [1.807, 2.05) is 19.1 Å². The molecule has 0 radical (unpaired) electrons. The van der Waals surface area contributed by atoms with Gasteiger partial charge in [0, 0.05) is 11.4 Å². The SMILES string of the molecule is COc1c(C)cc(Cl)cc1CCCC=O. The summed E-state index contributed by atoms with van der Waals surface area (Å²) in [6, 6.07) is 3.78. The summed E-state index contributed by atoms with van der Waals surface area (Å²) in [7, 11) is 1.65. The lowest BCUT2D eigenvalue weighted by Gasteiger charge is -2.11. The molecule has 0 amide bonds. The number of rotatable bonds is 5. The molecule has 82 valence electrons. The molecular formula is C12H15ClO2. The van der Waals surface area contributed by atoms with E-state index in [0.717, 1.165) is 41.0 Å². The molecule has 1 aromatic rings. The second-order valence-corrected chi connectivity index (χ2v) is 3.91. The smallest absolute Gasteiger partial charge is 0.125 e. The van der Waals surface area contributed by atoms with Crippen molar-refractivity contribution in [1.82, 2.24) is 0 Å². The van der Waals surface area contributed by atoms with Crippen LogP contribution in [0.3, 0.4) is 0 Å². The number of hydrogen-bond acceptors (Lipinski definition) is 2. The highest BCUT2D eigenvalue weighted by molar-refractivity contribution is 6.30. The molecule has 0 fully saturated rings. The van der Waals surface area contributed by atoms with Crippen LogP contribution in [-0.2, 0) is 11.2 Å². The molecule has 15 heavy (non-hydrogen) atoms. The van der Waals surface area contributed by atoms with Gasteiger partial charge in [0.2, 0.25) is 0 Å². The maximum atomic E-state index is 10.2. The Balaban J connectivity index is 2.88. The van der Waals surface area contributed by atoms with Gasteiger partial charge in [0.1, 0.15) is 12.0 Å². The van der Waals surface area contributed by atoms with Crippen LogP contribution in [0.2, 0.25) is 5.02 Å². The van der Waals surface area contributed by atoms with E-state index in [-0.39, 0.29) is 0 Å². The molecule has 0 atom stereocenters. The van der Waals surface area contributed by atoms with Crippen molar-refractivity contribution in [2.75, 3.05) is 7.11 Å². The van der Waals surface area contributed by atoms with Gasteiger partial charge in [0.05, 0.1) is 7.11 Å². The van der Waals surface area contributed by atoms with Crippen LogP contribution in [0, 0.1) is 6.92 Å². The normalized spacial score (nSPS) is 10.1. The van der Waals surface area contributed by atoms with E-state index in [1.54, 1.807) is 7.11 Å². The lowest BCUT2D eigenvalue weighted by molar-refractivity contribution is -0.107. The van der Waals surface area contributed by atoms with Crippen molar-refractivity contribution in [3.8, 4) is 5.75 Å². The van der Waals surface area contributed by atoms with E-state index in [0.29, 0.717) is 6.42 Å². The van der Waals surface area contributed by atoms with Crippen LogP contribution in [0.15, 0.2) is 12.1 Å². The van der Waals surface area contributed by atoms with Crippen LogP contribution in [0.25, 0.3) is 0 Å². The number of carbonyl (C=O) groups excluding carboxylic acids is 1. The number of hydrogen-bond donors (Lipinski definition) is 0. The average Bonchev–Trinajstić information content (AvgIpc) is 2.17. The first-order valence-corrected chi connectivity index (χ1v) is 5.33. The van der Waals surface area contributed by atoms with Gasteiger partial charge in [-0.2, -0.15) is 0 Å². The van der Waals surface area contributed by atoms with Crippen LogP contribution in [0.1, 0.15) is 24.0 Å². The van der Waals surface area contributed by atoms with E-state index in [9.17, 15) is 4.79 Å². The van der Waals surface area contributed by atoms with Crippen LogP contribution in [-0.4, -0.2) is 13.4 Å². The van der Waals surface area contributed by atoms with Gasteiger partial charge in [-0.15, -0.1) is 0 Å². The van der Waals surface area contributed by atoms with Gasteiger partial charge in [0.25, 0.3) is 0 Å². The molecule has 1 aromatic carbocycles. The van der Waals surface area contributed by atoms with Gasteiger partial charge in [0.15, 0.2) is 0 Å². The Labute approximate surface area is 95.2 Å². The highest BCUT2D eigenvalue weighted by atomic mass is 35.5. The molecular weight excluding hydrogens is 212 g/mol. The van der Waals surface area contributed by atoms with Crippen LogP contribution >= 0.6 is 11.6 Å². The van der Waals surface area contributed by atoms with Crippen molar-refractivity contribution >= 4 is 17.9 Å². The van der Waals surface area contributed by atoms with Crippen molar-refractivity contribution < 1.29 is 9.53 Å². The zero-order chi connectivity index (χ0) is 11.3. The number of unbranched alkanes of at least 4 members (excludes halogenated alkanes) is 1. The van der Waals surface area contributed by atoms with E-state index in [4.69, 9.17) is 16.3 Å². The molecule has 0 aliphatic carbocycles. The summed E-state index contributed by atoms with van der Waals surface area (Å²) in [5, 5.41) is 0.717. The highest BCUT2D eigenvalue weighted by Gasteiger charge is 2.07. The first kappa shape index (κ1) is 12.1. The van der Waals surface area contributed by atoms with Crippen molar-refractivity contribution in [2.45, 2.75) is 26.2 Å². The zero-order valence-corrected chi connectivity index (χ0v) is 9.80. The van der Waals surface area contributed by atoms with Crippen molar-refractivity contribution in [3.05, 3.63) is 28.3 Å². The first-order valence-electron chi connectivity index (χ1n) is 4.95. The van der Waals surface area contributed by atoms with E-state index < -0.39 is 0 Å². The highest BCUT2D eigenvalue weighted by Crippen LogP contribution is 2.28. The Morgan fingerprint density at radius 1 is 1.47 bits per heavy atom. The number of ether oxygens (including phenoxy) is 1. The lowest BCUT2D eigenvalue weighted by atomic mass is 10.0. The molecule has 2 nitrogen and oxygen atoms in total. The summed E-state index contributed by atoms with van der Waals surface area (Å²) in [6.45, 7) is 1.97. The number of aldehydes is 1. The molecule has 0 unspecified atom stereocenters. The maximum Gasteiger partial charge on any atom is 0.125 e. The monoisotopic (exact) mass is 226 g/mol. The standard InChI is InChI=1S/C12H15ClO2/c1-9-7-11(13)8-10(12(9)15-2)5-3-4-6-14/h6-8H,3-5H2,1-2H3. The van der Waals surface area contributed by atoms with Crippen molar-refractivity contribution in [3.63, 3.8) is 0 Å². The molecule has 0 saturated heterocycles. The summed E-state index contributed by atoms with van der Waals surface area (Å²) >= 11 is 5.97. The van der Waals surface area contributed by atoms with Crippen LogP contribution in [0.4, 0.5) is 0 Å². The van der Waals surface area contributed by atoms with Gasteiger partial charge in [-0.3, -0.25) is 0 Å². The third-order valence-corrected chi connectivity index (χ3v) is 2.51. The third-order valence-electron chi connectivity index (χ3n) is 2.29. The predicted molar refractivity (Wildman–Crippen MR) is 61.7 cm³/mol.